The maximum Gasteiger partial charge on any atom is 0.274 e. The maximum atomic E-state index is 13.8. The van der Waals surface area contributed by atoms with E-state index >= 15 is 0 Å². The van der Waals surface area contributed by atoms with Crippen LogP contribution >= 0.6 is 0 Å². The summed E-state index contributed by atoms with van der Waals surface area (Å²) in [6.45, 7) is 4.14. The van der Waals surface area contributed by atoms with Crippen LogP contribution in [-0.4, -0.2) is 39.0 Å². The number of nitrogens with one attached hydrogen (secondary N) is 1. The Bertz CT molecular complexity index is 1130. The van der Waals surface area contributed by atoms with Gasteiger partial charge in [-0.3, -0.25) is 14.4 Å². The minimum absolute atomic E-state index is 0.0169. The van der Waals surface area contributed by atoms with Crippen molar-refractivity contribution in [3.05, 3.63) is 63.1 Å². The highest BCUT2D eigenvalue weighted by molar-refractivity contribution is 5.99. The minimum Gasteiger partial charge on any atom is -0.503 e. The lowest BCUT2D eigenvalue weighted by atomic mass is 9.95. The third-order valence-electron chi connectivity index (χ3n) is 6.34. The number of fused-ring (bicyclic) bond motifs is 4. The van der Waals surface area contributed by atoms with Crippen molar-refractivity contribution in [2.24, 2.45) is 5.92 Å². The van der Waals surface area contributed by atoms with Gasteiger partial charge in [0.2, 0.25) is 5.43 Å². The lowest BCUT2D eigenvalue weighted by Gasteiger charge is -2.38. The minimum atomic E-state index is -0.961. The van der Waals surface area contributed by atoms with Gasteiger partial charge in [0.25, 0.3) is 11.8 Å². The average molecular weight is 431 g/mol. The zero-order valence-electron chi connectivity index (χ0n) is 17.2. The summed E-state index contributed by atoms with van der Waals surface area (Å²) in [7, 11) is 0. The summed E-state index contributed by atoms with van der Waals surface area (Å²) in [5, 5.41) is 13.0. The van der Waals surface area contributed by atoms with E-state index in [0.717, 1.165) is 18.9 Å². The van der Waals surface area contributed by atoms with Gasteiger partial charge in [0.05, 0.1) is 6.04 Å². The predicted molar refractivity (Wildman–Crippen MR) is 108 cm³/mol. The van der Waals surface area contributed by atoms with Gasteiger partial charge in [0.15, 0.2) is 11.4 Å². The number of nitrogens with zero attached hydrogens (tertiary/aromatic N) is 2. The fourth-order valence-corrected chi connectivity index (χ4v) is 4.39. The van der Waals surface area contributed by atoms with Crippen LogP contribution in [0, 0.1) is 17.6 Å². The molecule has 1 aromatic heterocycles. The Kier molecular flexibility index (Phi) is 5.28. The van der Waals surface area contributed by atoms with Crippen molar-refractivity contribution in [2.45, 2.75) is 45.3 Å². The number of rotatable bonds is 3. The number of hydrogen-bond donors (Lipinski definition) is 2. The molecule has 0 aliphatic carbocycles. The van der Waals surface area contributed by atoms with Crippen LogP contribution in [0.3, 0.4) is 0 Å². The van der Waals surface area contributed by atoms with Crippen molar-refractivity contribution in [2.75, 3.05) is 6.54 Å². The second-order valence-electron chi connectivity index (χ2n) is 8.32. The molecule has 4 rings (SSSR count). The normalized spacial score (nSPS) is 22.6. The molecule has 2 aromatic rings. The molecule has 1 saturated heterocycles. The Hall–Kier alpha value is -3.23. The van der Waals surface area contributed by atoms with E-state index in [-0.39, 0.29) is 41.4 Å². The Morgan fingerprint density at radius 1 is 1.23 bits per heavy atom. The summed E-state index contributed by atoms with van der Waals surface area (Å²) in [5.74, 6) is -3.42. The van der Waals surface area contributed by atoms with Crippen molar-refractivity contribution >= 4 is 11.8 Å². The number of pyridine rings is 1. The zero-order chi connectivity index (χ0) is 22.4. The van der Waals surface area contributed by atoms with Crippen LogP contribution in [0.15, 0.2) is 29.2 Å². The van der Waals surface area contributed by atoms with E-state index in [1.165, 1.54) is 16.8 Å². The molecule has 0 saturated carbocycles. The van der Waals surface area contributed by atoms with E-state index in [4.69, 9.17) is 0 Å². The molecule has 2 bridgehead atoms. The van der Waals surface area contributed by atoms with E-state index < -0.39 is 34.6 Å². The van der Waals surface area contributed by atoms with Crippen LogP contribution in [0.1, 0.15) is 59.1 Å². The fraction of sp³-hybridized carbons (Fsp3) is 0.409. The van der Waals surface area contributed by atoms with Gasteiger partial charge in [0.1, 0.15) is 17.2 Å². The Labute approximate surface area is 177 Å². The quantitative estimate of drug-likeness (QED) is 0.782. The number of amides is 2. The SMILES string of the molecule is C[C@@H]1CC[C@H](C)N2CC1n1cc(C(=O)NCc3ccc(F)cc3F)c(=O)c(O)c1C2=O. The molecule has 0 radical (unpaired) electrons. The summed E-state index contributed by atoms with van der Waals surface area (Å²) in [5.41, 5.74) is -1.36. The smallest absolute Gasteiger partial charge is 0.274 e. The maximum absolute atomic E-state index is 13.8. The van der Waals surface area contributed by atoms with Gasteiger partial charge in [0, 0.05) is 37.0 Å². The summed E-state index contributed by atoms with van der Waals surface area (Å²) in [6.07, 6.45) is 2.97. The molecule has 9 heteroatoms. The van der Waals surface area contributed by atoms with Crippen molar-refractivity contribution in [1.82, 2.24) is 14.8 Å². The second-order valence-corrected chi connectivity index (χ2v) is 8.32. The second kappa shape index (κ2) is 7.79. The molecule has 2 aliphatic rings. The molecule has 2 N–H and O–H groups in total. The van der Waals surface area contributed by atoms with Gasteiger partial charge < -0.3 is 19.9 Å². The molecule has 0 spiro atoms. The van der Waals surface area contributed by atoms with E-state index in [1.807, 2.05) is 13.8 Å². The summed E-state index contributed by atoms with van der Waals surface area (Å²) < 4.78 is 28.4. The molecule has 3 atom stereocenters. The monoisotopic (exact) mass is 431 g/mol. The van der Waals surface area contributed by atoms with Crippen molar-refractivity contribution < 1.29 is 23.5 Å². The first-order valence-corrected chi connectivity index (χ1v) is 10.2. The van der Waals surface area contributed by atoms with Crippen LogP contribution in [-0.2, 0) is 6.54 Å². The van der Waals surface area contributed by atoms with E-state index in [2.05, 4.69) is 5.32 Å². The van der Waals surface area contributed by atoms with Gasteiger partial charge in [-0.2, -0.15) is 0 Å². The van der Waals surface area contributed by atoms with E-state index in [1.54, 1.807) is 4.90 Å². The number of aromatic nitrogens is 1. The highest BCUT2D eigenvalue weighted by atomic mass is 19.1. The molecule has 1 unspecified atom stereocenters. The number of halogens is 2. The Balaban J connectivity index is 1.69. The number of aromatic hydroxyl groups is 1. The first-order valence-electron chi connectivity index (χ1n) is 10.2. The Morgan fingerprint density at radius 2 is 1.97 bits per heavy atom. The first-order chi connectivity index (χ1) is 14.7. The van der Waals surface area contributed by atoms with Crippen LogP contribution in [0.25, 0.3) is 0 Å². The molecule has 1 aromatic carbocycles. The van der Waals surface area contributed by atoms with Gasteiger partial charge in [-0.05, 0) is 31.7 Å². The van der Waals surface area contributed by atoms with Crippen molar-refractivity contribution in [3.8, 4) is 5.75 Å². The average Bonchev–Trinajstić information content (AvgIpc) is 2.85. The summed E-state index contributed by atoms with van der Waals surface area (Å²) in [6, 6.07) is 2.76. The van der Waals surface area contributed by atoms with Gasteiger partial charge in [-0.15, -0.1) is 0 Å². The molecular weight excluding hydrogens is 408 g/mol. The first kappa shape index (κ1) is 21.0. The third-order valence-corrected chi connectivity index (χ3v) is 6.34. The molecule has 31 heavy (non-hydrogen) atoms. The van der Waals surface area contributed by atoms with Gasteiger partial charge >= 0.3 is 0 Å². The topological polar surface area (TPSA) is 91.6 Å². The third kappa shape index (κ3) is 3.58. The molecule has 1 fully saturated rings. The van der Waals surface area contributed by atoms with E-state index in [0.29, 0.717) is 12.6 Å². The lowest BCUT2D eigenvalue weighted by molar-refractivity contribution is 0.0591. The highest BCUT2D eigenvalue weighted by Crippen LogP contribution is 2.37. The van der Waals surface area contributed by atoms with Crippen LogP contribution in [0.2, 0.25) is 0 Å². The van der Waals surface area contributed by atoms with E-state index in [9.17, 15) is 28.3 Å². The van der Waals surface area contributed by atoms with Crippen molar-refractivity contribution in [1.29, 1.82) is 0 Å². The number of carbonyl (C=O) groups is 2. The summed E-state index contributed by atoms with van der Waals surface area (Å²) in [4.78, 5) is 40.0. The van der Waals surface area contributed by atoms with Gasteiger partial charge in [-0.1, -0.05) is 13.0 Å². The Morgan fingerprint density at radius 3 is 2.68 bits per heavy atom. The number of carbonyl (C=O) groups excluding carboxylic acids is 2. The molecule has 3 heterocycles. The van der Waals surface area contributed by atoms with Gasteiger partial charge in [-0.25, -0.2) is 8.78 Å². The molecule has 2 aliphatic heterocycles. The number of benzene rings is 1. The summed E-state index contributed by atoms with van der Waals surface area (Å²) >= 11 is 0. The fourth-order valence-electron chi connectivity index (χ4n) is 4.39. The largest absolute Gasteiger partial charge is 0.503 e. The van der Waals surface area contributed by atoms with Crippen LogP contribution in [0.4, 0.5) is 8.78 Å². The predicted octanol–water partition coefficient (Wildman–Crippen LogP) is 2.58. The molecule has 164 valence electrons. The number of hydrogen-bond acceptors (Lipinski definition) is 4. The van der Waals surface area contributed by atoms with Crippen LogP contribution in [0.5, 0.6) is 5.75 Å². The molecule has 7 nitrogen and oxygen atoms in total. The van der Waals surface area contributed by atoms with Crippen molar-refractivity contribution in [3.63, 3.8) is 0 Å². The molecule has 2 amide bonds. The van der Waals surface area contributed by atoms with Crippen LogP contribution < -0.4 is 10.7 Å². The molecular formula is C22H23F2N3O4. The lowest BCUT2D eigenvalue weighted by Crippen LogP contribution is -2.48. The standard InChI is InChI=1S/C22H23F2N3O4/c1-11-3-4-12(2)26-10-17(11)27-9-15(19(28)20(29)18(27)22(26)31)21(30)25-8-13-5-6-14(23)7-16(13)24/h5-7,9,11-12,17,29H,3-4,8,10H2,1-2H3,(H,25,30)/t11-,12+,17?/m1/s1. The highest BCUT2D eigenvalue weighted by Gasteiger charge is 2.41. The zero-order valence-corrected chi connectivity index (χ0v) is 17.2.